The van der Waals surface area contributed by atoms with Gasteiger partial charge in [-0.25, -0.2) is 4.79 Å². The first-order chi connectivity index (χ1) is 8.63. The number of rotatable bonds is 4. The first-order valence-electron chi connectivity index (χ1n) is 5.98. The van der Waals surface area contributed by atoms with Gasteiger partial charge in [-0.15, -0.1) is 0 Å². The minimum absolute atomic E-state index is 0.0809. The van der Waals surface area contributed by atoms with Crippen molar-refractivity contribution in [3.8, 4) is 0 Å². The van der Waals surface area contributed by atoms with Gasteiger partial charge in [0.05, 0.1) is 6.61 Å². The van der Waals surface area contributed by atoms with Crippen LogP contribution in [0.15, 0.2) is 27.4 Å². The molecule has 1 heterocycles. The molecule has 0 atom stereocenters. The molecule has 4 nitrogen and oxygen atoms in total. The Morgan fingerprint density at radius 2 is 2.11 bits per heavy atom. The van der Waals surface area contributed by atoms with E-state index in [1.807, 2.05) is 26.0 Å². The third-order valence-corrected chi connectivity index (χ3v) is 3.12. The van der Waals surface area contributed by atoms with Crippen molar-refractivity contribution in [2.75, 3.05) is 13.2 Å². The fourth-order valence-electron chi connectivity index (χ4n) is 1.97. The van der Waals surface area contributed by atoms with Gasteiger partial charge in [0, 0.05) is 24.5 Å². The summed E-state index contributed by atoms with van der Waals surface area (Å²) in [5.74, 6) is 0. The second-order valence-electron chi connectivity index (χ2n) is 4.38. The average molecular weight is 247 g/mol. The monoisotopic (exact) mass is 247 g/mol. The molecule has 0 radical (unpaired) electrons. The van der Waals surface area contributed by atoms with Crippen LogP contribution in [0.3, 0.4) is 0 Å². The molecule has 0 amide bonds. The standard InChI is InChI=1S/C14H17NO3/c1-9-3-4-12-11(8-15-5-6-16)7-13(17)18-14(12)10(9)2/h3-4,7,15-16H,5-6,8H2,1-2H3. The van der Waals surface area contributed by atoms with Gasteiger partial charge in [0.1, 0.15) is 5.58 Å². The van der Waals surface area contributed by atoms with E-state index >= 15 is 0 Å². The second kappa shape index (κ2) is 5.33. The summed E-state index contributed by atoms with van der Waals surface area (Å²) in [6, 6.07) is 5.49. The van der Waals surface area contributed by atoms with Crippen molar-refractivity contribution in [1.82, 2.24) is 5.32 Å². The Morgan fingerprint density at radius 3 is 2.83 bits per heavy atom. The van der Waals surface area contributed by atoms with Crippen LogP contribution >= 0.6 is 0 Å². The van der Waals surface area contributed by atoms with E-state index in [9.17, 15) is 4.79 Å². The van der Waals surface area contributed by atoms with E-state index in [0.717, 1.165) is 22.1 Å². The lowest BCUT2D eigenvalue weighted by molar-refractivity contribution is 0.292. The highest BCUT2D eigenvalue weighted by Gasteiger charge is 2.08. The molecule has 0 aliphatic carbocycles. The summed E-state index contributed by atoms with van der Waals surface area (Å²) >= 11 is 0. The first-order valence-corrected chi connectivity index (χ1v) is 5.98. The molecule has 0 spiro atoms. The largest absolute Gasteiger partial charge is 0.422 e. The van der Waals surface area contributed by atoms with Gasteiger partial charge in [-0.05, 0) is 30.5 Å². The molecule has 1 aromatic heterocycles. The van der Waals surface area contributed by atoms with Gasteiger partial charge in [0.15, 0.2) is 0 Å². The third-order valence-electron chi connectivity index (χ3n) is 3.12. The Labute approximate surface area is 105 Å². The van der Waals surface area contributed by atoms with Crippen LogP contribution in [0.25, 0.3) is 11.0 Å². The quantitative estimate of drug-likeness (QED) is 0.634. The van der Waals surface area contributed by atoms with Gasteiger partial charge in [-0.2, -0.15) is 0 Å². The molecule has 0 aliphatic rings. The fraction of sp³-hybridized carbons (Fsp3) is 0.357. The predicted molar refractivity (Wildman–Crippen MR) is 70.8 cm³/mol. The highest BCUT2D eigenvalue weighted by molar-refractivity contribution is 5.83. The molecular formula is C14H17NO3. The summed E-state index contributed by atoms with van der Waals surface area (Å²) < 4.78 is 5.29. The van der Waals surface area contributed by atoms with E-state index in [4.69, 9.17) is 9.52 Å². The van der Waals surface area contributed by atoms with Gasteiger partial charge >= 0.3 is 5.63 Å². The van der Waals surface area contributed by atoms with Gasteiger partial charge in [-0.3, -0.25) is 0 Å². The summed E-state index contributed by atoms with van der Waals surface area (Å²) in [5.41, 5.74) is 3.32. The molecule has 0 saturated heterocycles. The fourth-order valence-corrected chi connectivity index (χ4v) is 1.97. The predicted octanol–water partition coefficient (Wildman–Crippen LogP) is 1.49. The molecule has 18 heavy (non-hydrogen) atoms. The van der Waals surface area contributed by atoms with E-state index < -0.39 is 0 Å². The highest BCUT2D eigenvalue weighted by Crippen LogP contribution is 2.22. The van der Waals surface area contributed by atoms with Crippen molar-refractivity contribution in [2.24, 2.45) is 0 Å². The zero-order chi connectivity index (χ0) is 13.1. The van der Waals surface area contributed by atoms with Crippen molar-refractivity contribution in [3.05, 3.63) is 45.3 Å². The van der Waals surface area contributed by atoms with Crippen molar-refractivity contribution < 1.29 is 9.52 Å². The van der Waals surface area contributed by atoms with Crippen LogP contribution in [0.1, 0.15) is 16.7 Å². The van der Waals surface area contributed by atoms with E-state index in [1.54, 1.807) is 0 Å². The number of hydrogen-bond donors (Lipinski definition) is 2. The van der Waals surface area contributed by atoms with Crippen LogP contribution in [0.2, 0.25) is 0 Å². The van der Waals surface area contributed by atoms with Gasteiger partial charge in [-0.1, -0.05) is 12.1 Å². The molecule has 0 saturated carbocycles. The Hall–Kier alpha value is -1.65. The number of aryl methyl sites for hydroxylation is 2. The molecule has 1 aromatic carbocycles. The molecule has 0 unspecified atom stereocenters. The van der Waals surface area contributed by atoms with Crippen LogP contribution in [0.4, 0.5) is 0 Å². The zero-order valence-corrected chi connectivity index (χ0v) is 10.6. The first kappa shape index (κ1) is 12.8. The van der Waals surface area contributed by atoms with Gasteiger partial charge in [0.2, 0.25) is 0 Å². The maximum absolute atomic E-state index is 11.6. The van der Waals surface area contributed by atoms with E-state index in [-0.39, 0.29) is 12.2 Å². The molecule has 2 rings (SSSR count). The van der Waals surface area contributed by atoms with Crippen molar-refractivity contribution in [2.45, 2.75) is 20.4 Å². The third kappa shape index (κ3) is 2.44. The summed E-state index contributed by atoms with van der Waals surface area (Å²) in [6.45, 7) is 5.08. The summed E-state index contributed by atoms with van der Waals surface area (Å²) in [5, 5.41) is 12.8. The molecule has 4 heteroatoms. The molecule has 0 fully saturated rings. The Kier molecular flexibility index (Phi) is 3.79. The molecule has 96 valence electrons. The SMILES string of the molecule is Cc1ccc2c(CNCCO)cc(=O)oc2c1C. The maximum atomic E-state index is 11.6. The highest BCUT2D eigenvalue weighted by atomic mass is 16.4. The Balaban J connectivity index is 2.52. The number of fused-ring (bicyclic) bond motifs is 1. The molecule has 0 bridgehead atoms. The lowest BCUT2D eigenvalue weighted by Gasteiger charge is -2.09. The van der Waals surface area contributed by atoms with Crippen LogP contribution in [0, 0.1) is 13.8 Å². The summed E-state index contributed by atoms with van der Waals surface area (Å²) in [4.78, 5) is 11.6. The van der Waals surface area contributed by atoms with Crippen molar-refractivity contribution in [3.63, 3.8) is 0 Å². The molecule has 2 N–H and O–H groups in total. The lowest BCUT2D eigenvalue weighted by Crippen LogP contribution is -2.18. The minimum atomic E-state index is -0.336. The minimum Gasteiger partial charge on any atom is -0.422 e. The number of benzene rings is 1. The zero-order valence-electron chi connectivity index (χ0n) is 10.6. The lowest BCUT2D eigenvalue weighted by atomic mass is 10.0. The number of hydrogen-bond acceptors (Lipinski definition) is 4. The van der Waals surface area contributed by atoms with Gasteiger partial charge < -0.3 is 14.8 Å². The van der Waals surface area contributed by atoms with Gasteiger partial charge in [0.25, 0.3) is 0 Å². The van der Waals surface area contributed by atoms with Crippen LogP contribution in [0.5, 0.6) is 0 Å². The van der Waals surface area contributed by atoms with E-state index in [2.05, 4.69) is 5.32 Å². The number of aliphatic hydroxyl groups excluding tert-OH is 1. The van der Waals surface area contributed by atoms with E-state index in [1.165, 1.54) is 6.07 Å². The normalized spacial score (nSPS) is 11.1. The van der Waals surface area contributed by atoms with E-state index in [0.29, 0.717) is 18.7 Å². The molecular weight excluding hydrogens is 230 g/mol. The van der Waals surface area contributed by atoms with Crippen molar-refractivity contribution in [1.29, 1.82) is 0 Å². The maximum Gasteiger partial charge on any atom is 0.336 e. The number of aliphatic hydroxyl groups is 1. The summed E-state index contributed by atoms with van der Waals surface area (Å²) in [6.07, 6.45) is 0. The Bertz CT molecular complexity index is 616. The van der Waals surface area contributed by atoms with Crippen LogP contribution < -0.4 is 10.9 Å². The smallest absolute Gasteiger partial charge is 0.336 e. The topological polar surface area (TPSA) is 62.5 Å². The van der Waals surface area contributed by atoms with Crippen molar-refractivity contribution >= 4 is 11.0 Å². The average Bonchev–Trinajstić information content (AvgIpc) is 2.34. The van der Waals surface area contributed by atoms with Crippen LogP contribution in [-0.2, 0) is 6.54 Å². The Morgan fingerprint density at radius 1 is 1.33 bits per heavy atom. The number of nitrogens with one attached hydrogen (secondary N) is 1. The summed E-state index contributed by atoms with van der Waals surface area (Å²) in [7, 11) is 0. The second-order valence-corrected chi connectivity index (χ2v) is 4.38. The molecule has 0 aliphatic heterocycles. The van der Waals surface area contributed by atoms with Crippen LogP contribution in [-0.4, -0.2) is 18.3 Å². The molecule has 2 aromatic rings.